The zero-order valence-corrected chi connectivity index (χ0v) is 27.5. The smallest absolute Gasteiger partial charge is 0.242 e. The first kappa shape index (κ1) is 28.6. The molecule has 0 amide bonds. The number of hydrogen-bond donors (Lipinski definition) is 0. The maximum absolute atomic E-state index is 2.42. The lowest BCUT2D eigenvalue weighted by Gasteiger charge is -2.28. The van der Waals surface area contributed by atoms with Crippen molar-refractivity contribution in [2.75, 3.05) is 4.90 Å². The Labute approximate surface area is 292 Å². The van der Waals surface area contributed by atoms with E-state index < -0.39 is 0 Å². The summed E-state index contributed by atoms with van der Waals surface area (Å²) in [4.78, 5) is 2.42. The lowest BCUT2D eigenvalue weighted by Crippen LogP contribution is -2.52. The number of anilines is 3. The predicted molar refractivity (Wildman–Crippen MR) is 217 cm³/mol. The molecule has 0 radical (unpaired) electrons. The molecule has 0 bridgehead atoms. The minimum Gasteiger partial charge on any atom is -0.310 e. The topological polar surface area (TPSA) is 3.24 Å². The maximum atomic E-state index is 2.42. The highest BCUT2D eigenvalue weighted by molar-refractivity contribution is 6.98. The van der Waals surface area contributed by atoms with Crippen LogP contribution in [0.5, 0.6) is 0 Å². The minimum absolute atomic E-state index is 0.0738. The largest absolute Gasteiger partial charge is 0.310 e. The summed E-state index contributed by atoms with van der Waals surface area (Å²) in [5, 5.41) is 12.7. The van der Waals surface area contributed by atoms with Gasteiger partial charge in [0.2, 0.25) is 6.71 Å². The Morgan fingerprint density at radius 1 is 0.320 bits per heavy atom. The van der Waals surface area contributed by atoms with Crippen molar-refractivity contribution < 1.29 is 0 Å². The average Bonchev–Trinajstić information content (AvgIpc) is 3.19. The highest BCUT2D eigenvalue weighted by Crippen LogP contribution is 2.44. The third-order valence-corrected chi connectivity index (χ3v) is 10.5. The van der Waals surface area contributed by atoms with E-state index in [0.29, 0.717) is 0 Å². The fraction of sp³-hybridized carbons (Fsp3) is 0. The maximum Gasteiger partial charge on any atom is 0.242 e. The van der Waals surface area contributed by atoms with Gasteiger partial charge in [0.15, 0.2) is 0 Å². The molecule has 0 aliphatic heterocycles. The van der Waals surface area contributed by atoms with Gasteiger partial charge in [-0.3, -0.25) is 0 Å². The Bertz CT molecular complexity index is 2820. The van der Waals surface area contributed by atoms with Crippen molar-refractivity contribution in [3.05, 3.63) is 194 Å². The molecule has 1 nitrogen and oxygen atoms in total. The fourth-order valence-electron chi connectivity index (χ4n) is 8.25. The van der Waals surface area contributed by atoms with Crippen LogP contribution in [0.1, 0.15) is 0 Å². The van der Waals surface area contributed by atoms with Crippen LogP contribution >= 0.6 is 0 Å². The molecule has 0 saturated carbocycles. The quantitative estimate of drug-likeness (QED) is 0.130. The van der Waals surface area contributed by atoms with E-state index in [1.165, 1.54) is 75.9 Å². The van der Waals surface area contributed by atoms with Crippen LogP contribution in [-0.2, 0) is 0 Å². The highest BCUT2D eigenvalue weighted by atomic mass is 15.1. The van der Waals surface area contributed by atoms with Crippen LogP contribution in [0.15, 0.2) is 194 Å². The van der Waals surface area contributed by atoms with E-state index in [-0.39, 0.29) is 6.71 Å². The predicted octanol–water partition coefficient (Wildman–Crippen LogP) is 10.9. The van der Waals surface area contributed by atoms with Crippen molar-refractivity contribution in [3.63, 3.8) is 0 Å². The molecule has 0 saturated heterocycles. The summed E-state index contributed by atoms with van der Waals surface area (Å²) in [6.45, 7) is 0.0738. The number of fused-ring (bicyclic) bond motifs is 2. The van der Waals surface area contributed by atoms with Crippen molar-refractivity contribution >= 4 is 94.0 Å². The standard InChI is InChI=1S/C48H32BN/c1-3-16-38(17-4-1)49(44-21-11-15-34-13-9-10-20-41(34)44)45-30-25-35-24-29-43-46(31-26-36-23-28-42(45)47(35)48(36)43)50(39-18-5-2-6-19-39)40-27-22-33-12-7-8-14-37(33)32-40/h1-32H. The molecule has 0 fully saturated rings. The Hall–Kier alpha value is -6.38. The van der Waals surface area contributed by atoms with Gasteiger partial charge in [-0.05, 0) is 78.8 Å². The van der Waals surface area contributed by atoms with Crippen LogP contribution in [-0.4, -0.2) is 6.71 Å². The summed E-state index contributed by atoms with van der Waals surface area (Å²) in [5.74, 6) is 0. The Kier molecular flexibility index (Phi) is 6.67. The van der Waals surface area contributed by atoms with Crippen molar-refractivity contribution in [3.8, 4) is 0 Å². The van der Waals surface area contributed by atoms with Gasteiger partial charge < -0.3 is 4.90 Å². The van der Waals surface area contributed by atoms with Crippen LogP contribution in [0.3, 0.4) is 0 Å². The van der Waals surface area contributed by atoms with E-state index in [1.54, 1.807) is 0 Å². The van der Waals surface area contributed by atoms with Gasteiger partial charge in [0.25, 0.3) is 0 Å². The Balaban J connectivity index is 1.25. The van der Waals surface area contributed by atoms with Crippen molar-refractivity contribution in [1.82, 2.24) is 0 Å². The van der Waals surface area contributed by atoms with E-state index in [9.17, 15) is 0 Å². The van der Waals surface area contributed by atoms with E-state index in [0.717, 1.165) is 11.4 Å². The molecule has 50 heavy (non-hydrogen) atoms. The first-order chi connectivity index (χ1) is 24.8. The van der Waals surface area contributed by atoms with Gasteiger partial charge in [-0.15, -0.1) is 0 Å². The minimum atomic E-state index is 0.0738. The van der Waals surface area contributed by atoms with Gasteiger partial charge >= 0.3 is 0 Å². The normalized spacial score (nSPS) is 11.6. The molecular weight excluding hydrogens is 601 g/mol. The lowest BCUT2D eigenvalue weighted by molar-refractivity contribution is 1.31. The molecule has 0 atom stereocenters. The molecule has 10 aromatic rings. The third-order valence-electron chi connectivity index (χ3n) is 10.5. The average molecular weight is 634 g/mol. The zero-order chi connectivity index (χ0) is 33.0. The number of nitrogens with zero attached hydrogens (tertiary/aromatic N) is 1. The molecule has 0 N–H and O–H groups in total. The number of hydrogen-bond acceptors (Lipinski definition) is 1. The van der Waals surface area contributed by atoms with Crippen LogP contribution in [0.2, 0.25) is 0 Å². The van der Waals surface area contributed by atoms with Gasteiger partial charge in [0, 0.05) is 16.8 Å². The molecule has 0 aliphatic carbocycles. The van der Waals surface area contributed by atoms with Gasteiger partial charge in [0.1, 0.15) is 0 Å². The van der Waals surface area contributed by atoms with Crippen molar-refractivity contribution in [2.45, 2.75) is 0 Å². The van der Waals surface area contributed by atoms with Gasteiger partial charge in [-0.25, -0.2) is 0 Å². The van der Waals surface area contributed by atoms with Crippen LogP contribution in [0.25, 0.3) is 53.9 Å². The SMILES string of the molecule is c1ccc(B(c2cccc3ccccc23)c2ccc3ccc4c(N(c5ccccc5)c5ccc6ccccc6c5)ccc5ccc2c3c54)cc1. The number of benzene rings is 10. The zero-order valence-electron chi connectivity index (χ0n) is 27.5. The molecule has 2 heteroatoms. The second-order valence-corrected chi connectivity index (χ2v) is 13.3. The Morgan fingerprint density at radius 3 is 1.72 bits per heavy atom. The van der Waals surface area contributed by atoms with Crippen molar-refractivity contribution in [1.29, 1.82) is 0 Å². The number of para-hydroxylation sites is 1. The third kappa shape index (κ3) is 4.57. The monoisotopic (exact) mass is 633 g/mol. The molecule has 0 unspecified atom stereocenters. The summed E-state index contributed by atoms with van der Waals surface area (Å²) in [6.07, 6.45) is 0. The lowest BCUT2D eigenvalue weighted by atomic mass is 9.35. The second-order valence-electron chi connectivity index (χ2n) is 13.3. The highest BCUT2D eigenvalue weighted by Gasteiger charge is 2.27. The summed E-state index contributed by atoms with van der Waals surface area (Å²) in [6, 6.07) is 71.4. The van der Waals surface area contributed by atoms with E-state index in [1.807, 2.05) is 0 Å². The van der Waals surface area contributed by atoms with Gasteiger partial charge in [0.05, 0.1) is 5.69 Å². The summed E-state index contributed by atoms with van der Waals surface area (Å²) < 4.78 is 0. The van der Waals surface area contributed by atoms with E-state index >= 15 is 0 Å². The summed E-state index contributed by atoms with van der Waals surface area (Å²) in [7, 11) is 0. The van der Waals surface area contributed by atoms with E-state index in [4.69, 9.17) is 0 Å². The second kappa shape index (κ2) is 11.6. The molecule has 10 aromatic carbocycles. The molecule has 232 valence electrons. The molecule has 10 rings (SSSR count). The first-order valence-electron chi connectivity index (χ1n) is 17.4. The fourth-order valence-corrected chi connectivity index (χ4v) is 8.25. The van der Waals surface area contributed by atoms with Crippen molar-refractivity contribution in [2.24, 2.45) is 0 Å². The molecule has 0 heterocycles. The number of rotatable bonds is 6. The van der Waals surface area contributed by atoms with Crippen LogP contribution in [0.4, 0.5) is 17.1 Å². The molecule has 0 spiro atoms. The van der Waals surface area contributed by atoms with Crippen LogP contribution < -0.4 is 21.3 Å². The van der Waals surface area contributed by atoms with E-state index in [2.05, 4.69) is 199 Å². The molecule has 0 aromatic heterocycles. The van der Waals surface area contributed by atoms with Gasteiger partial charge in [-0.1, -0.05) is 180 Å². The Morgan fingerprint density at radius 2 is 0.900 bits per heavy atom. The summed E-state index contributed by atoms with van der Waals surface area (Å²) >= 11 is 0. The molecular formula is C48H32BN. The van der Waals surface area contributed by atoms with Gasteiger partial charge in [-0.2, -0.15) is 0 Å². The van der Waals surface area contributed by atoms with Crippen LogP contribution in [0, 0.1) is 0 Å². The molecule has 0 aliphatic rings. The first-order valence-corrected chi connectivity index (χ1v) is 17.4. The summed E-state index contributed by atoms with van der Waals surface area (Å²) in [5.41, 5.74) is 7.41.